The van der Waals surface area contributed by atoms with Crippen LogP contribution in [0.25, 0.3) is 0 Å². The van der Waals surface area contributed by atoms with E-state index in [1.807, 2.05) is 13.8 Å². The van der Waals surface area contributed by atoms with E-state index in [0.717, 1.165) is 0 Å². The molecule has 0 aliphatic rings. The van der Waals surface area contributed by atoms with E-state index in [1.165, 1.54) is 16.6 Å². The highest BCUT2D eigenvalue weighted by molar-refractivity contribution is 7.89. The highest BCUT2D eigenvalue weighted by Crippen LogP contribution is 2.19. The van der Waals surface area contributed by atoms with Gasteiger partial charge in [-0.15, -0.1) is 12.4 Å². The molecule has 5 nitrogen and oxygen atoms in total. The molecule has 0 fully saturated rings. The van der Waals surface area contributed by atoms with E-state index in [9.17, 15) is 8.42 Å². The second-order valence-electron chi connectivity index (χ2n) is 4.82. The number of hydrogen-bond donors (Lipinski definition) is 1. The van der Waals surface area contributed by atoms with Crippen LogP contribution >= 0.6 is 12.4 Å². The highest BCUT2D eigenvalue weighted by atomic mass is 35.5. The second-order valence-corrected chi connectivity index (χ2v) is 6.86. The van der Waals surface area contributed by atoms with Crippen molar-refractivity contribution >= 4 is 22.4 Å². The van der Waals surface area contributed by atoms with Gasteiger partial charge >= 0.3 is 0 Å². The van der Waals surface area contributed by atoms with Crippen LogP contribution in [0.15, 0.2) is 29.4 Å². The number of aromatic nitrogens is 1. The largest absolute Gasteiger partial charge is 0.330 e. The third-order valence-corrected chi connectivity index (χ3v) is 4.33. The van der Waals surface area contributed by atoms with E-state index in [4.69, 9.17) is 5.73 Å². The standard InChI is InChI=1S/C11H19N3O2S.ClH/c1-11(2,8-12)9-14(3)17(15,16)10-5-4-6-13-7-10;/h4-7H,8-9,12H2,1-3H3;1H. The van der Waals surface area contributed by atoms with Crippen LogP contribution in [0.1, 0.15) is 13.8 Å². The van der Waals surface area contributed by atoms with Crippen LogP contribution < -0.4 is 5.73 Å². The fraction of sp³-hybridized carbons (Fsp3) is 0.545. The predicted molar refractivity (Wildman–Crippen MR) is 74.1 cm³/mol. The van der Waals surface area contributed by atoms with Crippen LogP contribution in [0, 0.1) is 5.41 Å². The molecule has 0 aromatic carbocycles. The molecule has 18 heavy (non-hydrogen) atoms. The van der Waals surface area contributed by atoms with Gasteiger partial charge in [-0.25, -0.2) is 12.7 Å². The Kier molecular flexibility index (Phi) is 6.22. The zero-order valence-corrected chi connectivity index (χ0v) is 12.5. The lowest BCUT2D eigenvalue weighted by Gasteiger charge is -2.28. The zero-order chi connectivity index (χ0) is 13.1. The van der Waals surface area contributed by atoms with Crippen molar-refractivity contribution in [2.75, 3.05) is 20.1 Å². The maximum absolute atomic E-state index is 12.2. The summed E-state index contributed by atoms with van der Waals surface area (Å²) in [6.07, 6.45) is 2.89. The first-order chi connectivity index (χ1) is 7.79. The zero-order valence-electron chi connectivity index (χ0n) is 10.8. The van der Waals surface area contributed by atoms with Crippen LogP contribution in [0.5, 0.6) is 0 Å². The third-order valence-electron chi connectivity index (χ3n) is 2.55. The summed E-state index contributed by atoms with van der Waals surface area (Å²) in [5, 5.41) is 0. The molecule has 0 atom stereocenters. The van der Waals surface area contributed by atoms with Crippen molar-refractivity contribution < 1.29 is 8.42 Å². The van der Waals surface area contributed by atoms with E-state index in [0.29, 0.717) is 13.1 Å². The molecule has 7 heteroatoms. The molecule has 0 unspecified atom stereocenters. The molecule has 1 rings (SSSR count). The van der Waals surface area contributed by atoms with Crippen molar-refractivity contribution in [2.24, 2.45) is 11.1 Å². The summed E-state index contributed by atoms with van der Waals surface area (Å²) in [5.74, 6) is 0. The molecule has 1 heterocycles. The van der Waals surface area contributed by atoms with Crippen molar-refractivity contribution in [3.8, 4) is 0 Å². The molecular formula is C11H20ClN3O2S. The Labute approximate surface area is 115 Å². The van der Waals surface area contributed by atoms with Gasteiger partial charge in [0.2, 0.25) is 10.0 Å². The molecular weight excluding hydrogens is 274 g/mol. The van der Waals surface area contributed by atoms with E-state index >= 15 is 0 Å². The Morgan fingerprint density at radius 1 is 1.44 bits per heavy atom. The normalized spacial score (nSPS) is 12.3. The van der Waals surface area contributed by atoms with Crippen LogP contribution in [-0.2, 0) is 10.0 Å². The quantitative estimate of drug-likeness (QED) is 0.882. The first-order valence-electron chi connectivity index (χ1n) is 5.36. The topological polar surface area (TPSA) is 76.3 Å². The first kappa shape index (κ1) is 17.3. The van der Waals surface area contributed by atoms with Gasteiger partial charge in [0, 0.05) is 26.0 Å². The van der Waals surface area contributed by atoms with Crippen molar-refractivity contribution in [1.82, 2.24) is 9.29 Å². The van der Waals surface area contributed by atoms with E-state index in [-0.39, 0.29) is 22.7 Å². The Bertz CT molecular complexity index is 462. The van der Waals surface area contributed by atoms with E-state index < -0.39 is 10.0 Å². The van der Waals surface area contributed by atoms with Gasteiger partial charge in [-0.05, 0) is 24.1 Å². The molecule has 0 amide bonds. The van der Waals surface area contributed by atoms with Gasteiger partial charge < -0.3 is 5.73 Å². The monoisotopic (exact) mass is 293 g/mol. The van der Waals surface area contributed by atoms with Crippen molar-refractivity contribution in [3.05, 3.63) is 24.5 Å². The number of nitrogens with zero attached hydrogens (tertiary/aromatic N) is 2. The summed E-state index contributed by atoms with van der Waals surface area (Å²) in [6.45, 7) is 4.67. The maximum Gasteiger partial charge on any atom is 0.244 e. The number of nitrogens with two attached hydrogens (primary N) is 1. The molecule has 104 valence electrons. The fourth-order valence-corrected chi connectivity index (χ4v) is 2.76. The van der Waals surface area contributed by atoms with Crippen LogP contribution in [0.2, 0.25) is 0 Å². The van der Waals surface area contributed by atoms with Crippen molar-refractivity contribution in [1.29, 1.82) is 0 Å². The molecule has 0 bridgehead atoms. The molecule has 0 aliphatic carbocycles. The summed E-state index contributed by atoms with van der Waals surface area (Å²) in [5.41, 5.74) is 5.36. The average molecular weight is 294 g/mol. The molecule has 2 N–H and O–H groups in total. The highest BCUT2D eigenvalue weighted by Gasteiger charge is 2.27. The summed E-state index contributed by atoms with van der Waals surface area (Å²) >= 11 is 0. The minimum atomic E-state index is -3.47. The summed E-state index contributed by atoms with van der Waals surface area (Å²) < 4.78 is 25.7. The van der Waals surface area contributed by atoms with Gasteiger partial charge in [0.15, 0.2) is 0 Å². The molecule has 1 aromatic heterocycles. The van der Waals surface area contributed by atoms with Gasteiger partial charge in [0.1, 0.15) is 4.90 Å². The fourth-order valence-electron chi connectivity index (χ4n) is 1.43. The van der Waals surface area contributed by atoms with Gasteiger partial charge in [-0.3, -0.25) is 4.98 Å². The van der Waals surface area contributed by atoms with Crippen LogP contribution in [0.4, 0.5) is 0 Å². The lowest BCUT2D eigenvalue weighted by atomic mass is 9.94. The van der Waals surface area contributed by atoms with Crippen LogP contribution in [0.3, 0.4) is 0 Å². The minimum absolute atomic E-state index is 0. The summed E-state index contributed by atoms with van der Waals surface area (Å²) in [7, 11) is -1.91. The van der Waals surface area contributed by atoms with Gasteiger partial charge in [0.05, 0.1) is 0 Å². The SMILES string of the molecule is CN(CC(C)(C)CN)S(=O)(=O)c1cccnc1.Cl. The Morgan fingerprint density at radius 3 is 2.50 bits per heavy atom. The Balaban J connectivity index is 0.00000289. The molecule has 0 saturated heterocycles. The Morgan fingerprint density at radius 2 is 2.06 bits per heavy atom. The van der Waals surface area contributed by atoms with Crippen LogP contribution in [-0.4, -0.2) is 37.8 Å². The predicted octanol–water partition coefficient (Wildman–Crippen LogP) is 1.11. The smallest absolute Gasteiger partial charge is 0.244 e. The number of pyridine rings is 1. The molecule has 0 radical (unpaired) electrons. The lowest BCUT2D eigenvalue weighted by Crippen LogP contribution is -2.39. The number of rotatable bonds is 5. The minimum Gasteiger partial charge on any atom is -0.330 e. The van der Waals surface area contributed by atoms with Gasteiger partial charge in [-0.2, -0.15) is 0 Å². The Hall–Kier alpha value is -0.690. The molecule has 0 aliphatic heterocycles. The molecule has 0 spiro atoms. The number of sulfonamides is 1. The number of hydrogen-bond acceptors (Lipinski definition) is 4. The number of halogens is 1. The molecule has 1 aromatic rings. The lowest BCUT2D eigenvalue weighted by molar-refractivity contribution is 0.292. The van der Waals surface area contributed by atoms with Crippen molar-refractivity contribution in [3.63, 3.8) is 0 Å². The van der Waals surface area contributed by atoms with E-state index in [1.54, 1.807) is 19.3 Å². The summed E-state index contributed by atoms with van der Waals surface area (Å²) in [4.78, 5) is 4.02. The van der Waals surface area contributed by atoms with Crippen molar-refractivity contribution in [2.45, 2.75) is 18.7 Å². The third kappa shape index (κ3) is 4.20. The first-order valence-corrected chi connectivity index (χ1v) is 6.80. The van der Waals surface area contributed by atoms with Gasteiger partial charge in [-0.1, -0.05) is 13.8 Å². The average Bonchev–Trinajstić information content (AvgIpc) is 2.29. The molecule has 0 saturated carbocycles. The maximum atomic E-state index is 12.2. The second kappa shape index (κ2) is 6.47. The summed E-state index contributed by atoms with van der Waals surface area (Å²) in [6, 6.07) is 3.14. The van der Waals surface area contributed by atoms with E-state index in [2.05, 4.69) is 4.98 Å². The van der Waals surface area contributed by atoms with Gasteiger partial charge in [0.25, 0.3) is 0 Å².